The maximum Gasteiger partial charge on any atom is 0.139 e. The fraction of sp³-hybridized carbons (Fsp3) is 0.292. The molecule has 3 nitrogen and oxygen atoms in total. The van der Waals surface area contributed by atoms with Gasteiger partial charge >= 0.3 is 0 Å². The Labute approximate surface area is 164 Å². The average molecular weight is 372 g/mol. The van der Waals surface area contributed by atoms with Crippen LogP contribution < -0.4 is 10.2 Å². The van der Waals surface area contributed by atoms with Gasteiger partial charge in [-0.1, -0.05) is 36.4 Å². The van der Waals surface area contributed by atoms with Crippen LogP contribution >= 0.6 is 0 Å². The lowest BCUT2D eigenvalue weighted by Crippen LogP contribution is -2.44. The third kappa shape index (κ3) is 2.44. The van der Waals surface area contributed by atoms with E-state index in [9.17, 15) is 4.39 Å². The van der Waals surface area contributed by atoms with Crippen molar-refractivity contribution < 1.29 is 4.39 Å². The first-order valence-corrected chi connectivity index (χ1v) is 10.2. The minimum absolute atomic E-state index is 0.189. The van der Waals surface area contributed by atoms with Gasteiger partial charge in [-0.15, -0.1) is 0 Å². The van der Waals surface area contributed by atoms with Gasteiger partial charge in [0, 0.05) is 25.2 Å². The minimum atomic E-state index is -0.189. The predicted molar refractivity (Wildman–Crippen MR) is 112 cm³/mol. The Bertz CT molecular complexity index is 1050. The molecule has 3 aromatic carbocycles. The van der Waals surface area contributed by atoms with Crippen LogP contribution in [-0.4, -0.2) is 24.0 Å². The van der Waals surface area contributed by atoms with Gasteiger partial charge in [0.25, 0.3) is 0 Å². The van der Waals surface area contributed by atoms with Gasteiger partial charge in [-0.3, -0.25) is 4.90 Å². The normalized spacial score (nSPS) is 21.9. The summed E-state index contributed by atoms with van der Waals surface area (Å²) in [6.07, 6.45) is 3.37. The number of fused-ring (bicyclic) bond motifs is 1. The molecule has 1 fully saturated rings. The Morgan fingerprint density at radius 2 is 1.79 bits per heavy atom. The highest BCUT2D eigenvalue weighted by Crippen LogP contribution is 2.42. The van der Waals surface area contributed by atoms with Gasteiger partial charge in [0.05, 0.1) is 11.4 Å². The van der Waals surface area contributed by atoms with Crippen LogP contribution in [0.1, 0.15) is 30.0 Å². The average Bonchev–Trinajstić information content (AvgIpc) is 3.31. The van der Waals surface area contributed by atoms with E-state index in [4.69, 9.17) is 0 Å². The van der Waals surface area contributed by atoms with Gasteiger partial charge in [-0.25, -0.2) is 4.39 Å². The van der Waals surface area contributed by atoms with Crippen LogP contribution in [0.25, 0.3) is 10.8 Å². The Balaban J connectivity index is 1.20. The number of hydrogen-bond acceptors (Lipinski definition) is 3. The molecule has 1 N–H and O–H groups in total. The molecular weight excluding hydrogens is 349 g/mol. The number of hydrogen-bond donors (Lipinski definition) is 1. The van der Waals surface area contributed by atoms with Crippen LogP contribution in [0.5, 0.6) is 0 Å². The molecule has 141 valence electrons. The number of piperidine rings is 1. The molecule has 0 saturated carbocycles. The number of halogens is 1. The number of nitrogens with one attached hydrogen (secondary N) is 1. The molecule has 1 atom stereocenters. The SMILES string of the molecule is Fc1ccc2c(c1)N[CH]N2C1CCN(C2Cc3cccc4cccc2c34)CC1. The van der Waals surface area contributed by atoms with E-state index in [0.717, 1.165) is 43.7 Å². The van der Waals surface area contributed by atoms with E-state index in [-0.39, 0.29) is 5.82 Å². The molecule has 1 aliphatic carbocycles. The molecule has 3 aliphatic rings. The second-order valence-electron chi connectivity index (χ2n) is 8.19. The molecule has 1 radical (unpaired) electrons. The third-order valence-electron chi connectivity index (χ3n) is 6.72. The van der Waals surface area contributed by atoms with Crippen molar-refractivity contribution >= 4 is 22.1 Å². The van der Waals surface area contributed by atoms with E-state index in [1.807, 2.05) is 12.7 Å². The number of anilines is 2. The highest BCUT2D eigenvalue weighted by atomic mass is 19.1. The van der Waals surface area contributed by atoms with Gasteiger partial charge in [-0.2, -0.15) is 0 Å². The zero-order valence-corrected chi connectivity index (χ0v) is 15.7. The van der Waals surface area contributed by atoms with Gasteiger partial charge in [-0.05, 0) is 59.4 Å². The lowest BCUT2D eigenvalue weighted by Gasteiger charge is -2.40. The summed E-state index contributed by atoms with van der Waals surface area (Å²) in [5.74, 6) is -0.189. The molecule has 0 bridgehead atoms. The molecule has 3 aromatic rings. The van der Waals surface area contributed by atoms with Crippen molar-refractivity contribution in [2.75, 3.05) is 23.3 Å². The molecular formula is C24H23FN3. The number of benzene rings is 3. The van der Waals surface area contributed by atoms with E-state index < -0.39 is 0 Å². The van der Waals surface area contributed by atoms with E-state index in [1.165, 1.54) is 21.9 Å². The zero-order chi connectivity index (χ0) is 18.7. The molecule has 1 saturated heterocycles. The highest BCUT2D eigenvalue weighted by molar-refractivity contribution is 5.91. The van der Waals surface area contributed by atoms with Crippen molar-refractivity contribution in [3.63, 3.8) is 0 Å². The van der Waals surface area contributed by atoms with E-state index in [1.54, 1.807) is 12.1 Å². The molecule has 1 unspecified atom stereocenters. The fourth-order valence-corrected chi connectivity index (χ4v) is 5.38. The summed E-state index contributed by atoms with van der Waals surface area (Å²) in [6.45, 7) is 4.21. The third-order valence-corrected chi connectivity index (χ3v) is 6.72. The summed E-state index contributed by atoms with van der Waals surface area (Å²) in [6, 6.07) is 19.5. The van der Waals surface area contributed by atoms with Crippen molar-refractivity contribution in [2.45, 2.75) is 31.3 Å². The first-order chi connectivity index (χ1) is 13.8. The van der Waals surface area contributed by atoms with E-state index in [2.05, 4.69) is 51.5 Å². The fourth-order valence-electron chi connectivity index (χ4n) is 5.38. The summed E-state index contributed by atoms with van der Waals surface area (Å²) >= 11 is 0. The summed E-state index contributed by atoms with van der Waals surface area (Å²) in [7, 11) is 0. The lowest BCUT2D eigenvalue weighted by molar-refractivity contribution is 0.155. The van der Waals surface area contributed by atoms with Crippen molar-refractivity contribution in [3.05, 3.63) is 78.2 Å². The van der Waals surface area contributed by atoms with E-state index in [0.29, 0.717) is 12.1 Å². The van der Waals surface area contributed by atoms with Crippen LogP contribution in [0.15, 0.2) is 54.6 Å². The molecule has 28 heavy (non-hydrogen) atoms. The standard InChI is InChI=1S/C24H23FN3/c25-18-7-8-22-21(14-18)26-15-28(22)19-9-11-27(12-10-19)23-13-17-5-1-3-16-4-2-6-20(23)24(16)17/h1-8,14-15,19,23,26H,9-13H2. The largest absolute Gasteiger partial charge is 0.360 e. The van der Waals surface area contributed by atoms with Crippen LogP contribution in [-0.2, 0) is 6.42 Å². The predicted octanol–water partition coefficient (Wildman–Crippen LogP) is 5.09. The lowest BCUT2D eigenvalue weighted by atomic mass is 9.98. The second-order valence-corrected chi connectivity index (χ2v) is 8.19. The summed E-state index contributed by atoms with van der Waals surface area (Å²) in [4.78, 5) is 4.97. The summed E-state index contributed by atoms with van der Waals surface area (Å²) in [5, 5.41) is 6.07. The molecule has 2 heterocycles. The Morgan fingerprint density at radius 3 is 2.64 bits per heavy atom. The maximum atomic E-state index is 13.5. The van der Waals surface area contributed by atoms with Gasteiger partial charge < -0.3 is 10.2 Å². The maximum absolute atomic E-state index is 13.5. The van der Waals surface area contributed by atoms with Gasteiger partial charge in [0.1, 0.15) is 12.5 Å². The summed E-state index contributed by atoms with van der Waals surface area (Å²) < 4.78 is 13.5. The molecule has 0 amide bonds. The monoisotopic (exact) mass is 372 g/mol. The van der Waals surface area contributed by atoms with Gasteiger partial charge in [0.15, 0.2) is 0 Å². The number of nitrogens with zero attached hydrogens (tertiary/aromatic N) is 2. The second kappa shape index (κ2) is 6.21. The van der Waals surface area contributed by atoms with Crippen LogP contribution in [0.2, 0.25) is 0 Å². The smallest absolute Gasteiger partial charge is 0.139 e. The topological polar surface area (TPSA) is 18.5 Å². The number of rotatable bonds is 2. The minimum Gasteiger partial charge on any atom is -0.360 e. The first-order valence-electron chi connectivity index (χ1n) is 10.2. The van der Waals surface area contributed by atoms with Crippen LogP contribution in [0.3, 0.4) is 0 Å². The van der Waals surface area contributed by atoms with Crippen molar-refractivity contribution in [2.24, 2.45) is 0 Å². The van der Waals surface area contributed by atoms with Crippen molar-refractivity contribution in [1.82, 2.24) is 4.90 Å². The van der Waals surface area contributed by atoms with Crippen LogP contribution in [0.4, 0.5) is 15.8 Å². The zero-order valence-electron chi connectivity index (χ0n) is 15.7. The molecule has 6 rings (SSSR count). The molecule has 0 spiro atoms. The van der Waals surface area contributed by atoms with E-state index >= 15 is 0 Å². The Hall–Kier alpha value is -2.59. The first kappa shape index (κ1) is 16.4. The summed E-state index contributed by atoms with van der Waals surface area (Å²) in [5.41, 5.74) is 4.97. The Morgan fingerprint density at radius 1 is 0.964 bits per heavy atom. The van der Waals surface area contributed by atoms with Gasteiger partial charge in [0.2, 0.25) is 0 Å². The molecule has 0 aromatic heterocycles. The molecule has 4 heteroatoms. The molecule has 2 aliphatic heterocycles. The number of likely N-dealkylation sites (tertiary alicyclic amines) is 1. The Kier molecular flexibility index (Phi) is 3.63. The van der Waals surface area contributed by atoms with Crippen LogP contribution in [0, 0.1) is 12.5 Å². The van der Waals surface area contributed by atoms with Crippen molar-refractivity contribution in [3.8, 4) is 0 Å². The van der Waals surface area contributed by atoms with Crippen molar-refractivity contribution in [1.29, 1.82) is 0 Å². The highest BCUT2D eigenvalue weighted by Gasteiger charge is 2.34. The quantitative estimate of drug-likeness (QED) is 0.676.